The number of para-hydroxylation sites is 1. The summed E-state index contributed by atoms with van der Waals surface area (Å²) >= 11 is 0. The number of nitrogens with one attached hydrogen (secondary N) is 1. The largest absolute Gasteiger partial charge is 0.322 e. The summed E-state index contributed by atoms with van der Waals surface area (Å²) in [4.78, 5) is 13.4. The van der Waals surface area contributed by atoms with Gasteiger partial charge < -0.3 is 5.32 Å². The zero-order valence-electron chi connectivity index (χ0n) is 22.1. The van der Waals surface area contributed by atoms with Crippen molar-refractivity contribution in [3.05, 3.63) is 83.4 Å². The Kier molecular flexibility index (Phi) is 7.54. The number of sulfonamides is 2. The molecule has 0 spiro atoms. The van der Waals surface area contributed by atoms with Gasteiger partial charge in [-0.1, -0.05) is 43.2 Å². The van der Waals surface area contributed by atoms with E-state index in [0.29, 0.717) is 36.4 Å². The van der Waals surface area contributed by atoms with Crippen molar-refractivity contribution in [1.29, 1.82) is 0 Å². The molecule has 2 aliphatic heterocycles. The smallest absolute Gasteiger partial charge is 0.264 e. The molecule has 1 atom stereocenters. The van der Waals surface area contributed by atoms with Crippen LogP contribution in [-0.2, 0) is 26.5 Å². The predicted molar refractivity (Wildman–Crippen MR) is 152 cm³/mol. The fraction of sp³-hybridized carbons (Fsp3) is 0.345. The molecule has 206 valence electrons. The van der Waals surface area contributed by atoms with E-state index in [1.165, 1.54) is 26.8 Å². The quantitative estimate of drug-likeness (QED) is 0.454. The third-order valence-corrected chi connectivity index (χ3v) is 11.4. The first-order valence-electron chi connectivity index (χ1n) is 13.2. The van der Waals surface area contributed by atoms with Gasteiger partial charge in [0.15, 0.2) is 0 Å². The van der Waals surface area contributed by atoms with Crippen LogP contribution in [0.25, 0.3) is 0 Å². The molecule has 0 aliphatic carbocycles. The molecule has 0 saturated carbocycles. The van der Waals surface area contributed by atoms with Gasteiger partial charge in [0.2, 0.25) is 10.0 Å². The number of aryl methyl sites for hydroxylation is 1. The Morgan fingerprint density at radius 2 is 1.56 bits per heavy atom. The van der Waals surface area contributed by atoms with Crippen LogP contribution in [0.4, 0.5) is 11.4 Å². The number of amides is 1. The van der Waals surface area contributed by atoms with Gasteiger partial charge in [-0.2, -0.15) is 4.31 Å². The first-order chi connectivity index (χ1) is 18.6. The second-order valence-corrected chi connectivity index (χ2v) is 14.0. The van der Waals surface area contributed by atoms with E-state index in [9.17, 15) is 21.6 Å². The van der Waals surface area contributed by atoms with Gasteiger partial charge >= 0.3 is 0 Å². The molecule has 2 aliphatic rings. The highest BCUT2D eigenvalue weighted by Crippen LogP contribution is 2.36. The molecule has 0 bridgehead atoms. The Balaban J connectivity index is 1.40. The zero-order valence-corrected chi connectivity index (χ0v) is 23.8. The van der Waals surface area contributed by atoms with Gasteiger partial charge in [0.05, 0.1) is 15.5 Å². The molecule has 1 unspecified atom stereocenters. The topological polar surface area (TPSA) is 104 Å². The highest BCUT2D eigenvalue weighted by molar-refractivity contribution is 7.93. The first kappa shape index (κ1) is 27.4. The van der Waals surface area contributed by atoms with Crippen molar-refractivity contribution in [2.75, 3.05) is 22.7 Å². The molecular weight excluding hydrogens is 534 g/mol. The van der Waals surface area contributed by atoms with Crippen LogP contribution in [0.15, 0.2) is 76.5 Å². The standard InChI is InChI=1S/C29H33N3O5S2/c1-21-14-15-25(20-28(21)39(36,37)31-16-7-3-4-8-17-31)30-29(33)24-11-9-12-26(19-24)38(34,35)32-22(2)18-23-10-5-6-13-27(23)32/h5-6,9-15,19-20,22H,3-4,7-8,16-18H2,1-2H3,(H,30,33). The van der Waals surface area contributed by atoms with Crippen molar-refractivity contribution in [3.63, 3.8) is 0 Å². The molecule has 39 heavy (non-hydrogen) atoms. The normalized spacial score (nSPS) is 18.4. The zero-order chi connectivity index (χ0) is 27.8. The summed E-state index contributed by atoms with van der Waals surface area (Å²) in [6.45, 7) is 4.57. The highest BCUT2D eigenvalue weighted by Gasteiger charge is 2.36. The summed E-state index contributed by atoms with van der Waals surface area (Å²) in [5.74, 6) is -0.524. The average molecular weight is 568 g/mol. The third kappa shape index (κ3) is 5.33. The van der Waals surface area contributed by atoms with E-state index in [0.717, 1.165) is 31.2 Å². The molecule has 0 radical (unpaired) electrons. The van der Waals surface area contributed by atoms with E-state index in [1.807, 2.05) is 25.1 Å². The van der Waals surface area contributed by atoms with Crippen LogP contribution in [-0.4, -0.2) is 46.2 Å². The van der Waals surface area contributed by atoms with Crippen LogP contribution in [0.2, 0.25) is 0 Å². The number of carbonyl (C=O) groups is 1. The van der Waals surface area contributed by atoms with Crippen LogP contribution in [0.1, 0.15) is 54.1 Å². The maximum atomic E-state index is 13.6. The van der Waals surface area contributed by atoms with E-state index in [1.54, 1.807) is 37.3 Å². The van der Waals surface area contributed by atoms with Crippen LogP contribution >= 0.6 is 0 Å². The monoisotopic (exact) mass is 567 g/mol. The summed E-state index contributed by atoms with van der Waals surface area (Å²) in [6.07, 6.45) is 4.30. The second kappa shape index (κ2) is 10.7. The molecule has 3 aromatic carbocycles. The average Bonchev–Trinajstić information content (AvgIpc) is 3.06. The third-order valence-electron chi connectivity index (χ3n) is 7.43. The van der Waals surface area contributed by atoms with Crippen molar-refractivity contribution < 1.29 is 21.6 Å². The van der Waals surface area contributed by atoms with Gasteiger partial charge in [0.25, 0.3) is 15.9 Å². The summed E-state index contributed by atoms with van der Waals surface area (Å²) in [5.41, 5.74) is 2.71. The Hall–Kier alpha value is -3.21. The Labute approximate surface area is 230 Å². The minimum Gasteiger partial charge on any atom is -0.322 e. The summed E-state index contributed by atoms with van der Waals surface area (Å²) in [6, 6.07) is 17.9. The number of fused-ring (bicyclic) bond motifs is 1. The number of anilines is 2. The fourth-order valence-corrected chi connectivity index (χ4v) is 8.90. The molecule has 1 amide bonds. The van der Waals surface area contributed by atoms with E-state index < -0.39 is 26.0 Å². The van der Waals surface area contributed by atoms with Gasteiger partial charge in [0.1, 0.15) is 0 Å². The molecule has 0 aromatic heterocycles. The van der Waals surface area contributed by atoms with Crippen molar-refractivity contribution in [1.82, 2.24) is 4.31 Å². The van der Waals surface area contributed by atoms with E-state index >= 15 is 0 Å². The lowest BCUT2D eigenvalue weighted by Gasteiger charge is -2.24. The van der Waals surface area contributed by atoms with Crippen molar-refractivity contribution in [2.24, 2.45) is 0 Å². The number of benzene rings is 3. The molecule has 5 rings (SSSR count). The maximum Gasteiger partial charge on any atom is 0.264 e. The minimum atomic E-state index is -3.91. The van der Waals surface area contributed by atoms with Gasteiger partial charge in [0, 0.05) is 30.4 Å². The number of nitrogens with zero attached hydrogens (tertiary/aromatic N) is 2. The van der Waals surface area contributed by atoms with Gasteiger partial charge in [-0.3, -0.25) is 9.10 Å². The van der Waals surface area contributed by atoms with Gasteiger partial charge in [-0.25, -0.2) is 16.8 Å². The van der Waals surface area contributed by atoms with Gasteiger partial charge in [-0.05, 0) is 80.6 Å². The van der Waals surface area contributed by atoms with Crippen LogP contribution in [0.3, 0.4) is 0 Å². The molecule has 2 heterocycles. The molecule has 1 N–H and O–H groups in total. The molecule has 3 aromatic rings. The highest BCUT2D eigenvalue weighted by atomic mass is 32.2. The van der Waals surface area contributed by atoms with E-state index in [4.69, 9.17) is 0 Å². The van der Waals surface area contributed by atoms with Gasteiger partial charge in [-0.15, -0.1) is 0 Å². The molecule has 1 saturated heterocycles. The lowest BCUT2D eigenvalue weighted by atomic mass is 10.1. The van der Waals surface area contributed by atoms with Crippen molar-refractivity contribution >= 4 is 37.3 Å². The van der Waals surface area contributed by atoms with Crippen LogP contribution in [0, 0.1) is 6.92 Å². The lowest BCUT2D eigenvalue weighted by molar-refractivity contribution is 0.102. The van der Waals surface area contributed by atoms with Crippen molar-refractivity contribution in [3.8, 4) is 0 Å². The minimum absolute atomic E-state index is 0.0204. The number of hydrogen-bond donors (Lipinski definition) is 1. The molecule has 8 nitrogen and oxygen atoms in total. The molecular formula is C29H33N3O5S2. The number of hydrogen-bond acceptors (Lipinski definition) is 5. The van der Waals surface area contributed by atoms with E-state index in [-0.39, 0.29) is 21.4 Å². The van der Waals surface area contributed by atoms with Crippen LogP contribution < -0.4 is 9.62 Å². The lowest BCUT2D eigenvalue weighted by Crippen LogP contribution is -2.35. The molecule has 1 fully saturated rings. The van der Waals surface area contributed by atoms with E-state index in [2.05, 4.69) is 5.32 Å². The SMILES string of the molecule is Cc1ccc(NC(=O)c2cccc(S(=O)(=O)N3c4ccccc4CC3C)c2)cc1S(=O)(=O)N1CCCCCC1. The Morgan fingerprint density at radius 1 is 0.846 bits per heavy atom. The Morgan fingerprint density at radius 3 is 2.31 bits per heavy atom. The fourth-order valence-electron chi connectivity index (χ4n) is 5.39. The maximum absolute atomic E-state index is 13.6. The van der Waals surface area contributed by atoms with Crippen molar-refractivity contribution in [2.45, 2.75) is 61.8 Å². The van der Waals surface area contributed by atoms with Crippen LogP contribution in [0.5, 0.6) is 0 Å². The first-order valence-corrected chi connectivity index (χ1v) is 16.1. The molecule has 10 heteroatoms. The summed E-state index contributed by atoms with van der Waals surface area (Å²) in [7, 11) is -7.62. The second-order valence-electron chi connectivity index (χ2n) is 10.3. The number of rotatable bonds is 6. The summed E-state index contributed by atoms with van der Waals surface area (Å²) in [5, 5.41) is 2.76. The predicted octanol–water partition coefficient (Wildman–Crippen LogP) is 4.95. The Bertz CT molecular complexity index is 1610. The number of carbonyl (C=O) groups excluding carboxylic acids is 1. The summed E-state index contributed by atoms with van der Waals surface area (Å²) < 4.78 is 57.0.